The molecule has 0 aromatic heterocycles. The van der Waals surface area contributed by atoms with E-state index in [2.05, 4.69) is 47.4 Å². The second-order valence-corrected chi connectivity index (χ2v) is 9.83. The molecular formula is C25H21KN2O3S2. The Morgan fingerprint density at radius 1 is 1.18 bits per heavy atom. The number of allylic oxidation sites excluding steroid dienone is 2. The van der Waals surface area contributed by atoms with Gasteiger partial charge in [-0.2, -0.15) is 0 Å². The number of benzene rings is 2. The second-order valence-electron chi connectivity index (χ2n) is 8.15. The van der Waals surface area contributed by atoms with Gasteiger partial charge in [-0.3, -0.25) is 9.69 Å². The number of carbonyl (C=O) groups excluding carboxylic acids is 2. The Kier molecular flexibility index (Phi) is 7.95. The molecule has 2 aliphatic heterocycles. The van der Waals surface area contributed by atoms with E-state index in [0.29, 0.717) is 16.9 Å². The number of hydrogen-bond acceptors (Lipinski definition) is 6. The third kappa shape index (κ3) is 4.93. The fourth-order valence-corrected chi connectivity index (χ4v) is 6.14. The van der Waals surface area contributed by atoms with E-state index in [1.165, 1.54) is 36.2 Å². The van der Waals surface area contributed by atoms with Crippen molar-refractivity contribution in [3.63, 3.8) is 0 Å². The number of anilines is 2. The van der Waals surface area contributed by atoms with Gasteiger partial charge >= 0.3 is 51.4 Å². The van der Waals surface area contributed by atoms with Crippen LogP contribution < -0.4 is 61.4 Å². The van der Waals surface area contributed by atoms with Gasteiger partial charge in [-0.05, 0) is 54.3 Å². The molecule has 2 fully saturated rings. The maximum atomic E-state index is 12.4. The molecule has 8 heteroatoms. The maximum Gasteiger partial charge on any atom is 1.00 e. The van der Waals surface area contributed by atoms with Gasteiger partial charge in [0.2, 0.25) is 0 Å². The number of rotatable bonds is 5. The van der Waals surface area contributed by atoms with E-state index in [9.17, 15) is 14.7 Å². The third-order valence-electron chi connectivity index (χ3n) is 6.25. The van der Waals surface area contributed by atoms with Crippen molar-refractivity contribution in [2.24, 2.45) is 0 Å². The van der Waals surface area contributed by atoms with Gasteiger partial charge in [-0.1, -0.05) is 66.8 Å². The third-order valence-corrected chi connectivity index (χ3v) is 7.65. The molecule has 0 N–H and O–H groups in total. The van der Waals surface area contributed by atoms with Crippen LogP contribution in [0.3, 0.4) is 0 Å². The minimum absolute atomic E-state index is 0. The van der Waals surface area contributed by atoms with Gasteiger partial charge < -0.3 is 14.8 Å². The summed E-state index contributed by atoms with van der Waals surface area (Å²) in [5.74, 6) is -1.18. The SMILES string of the molecule is O=C([O-])CN1C(=O)/C(=C\C=Cc2ccc3c(c2)C2CCCC2N3c2ccccc2)SC1=S.[K+]. The number of carboxylic acid groups (broad SMARTS) is 1. The molecule has 2 atom stereocenters. The Morgan fingerprint density at radius 3 is 2.73 bits per heavy atom. The summed E-state index contributed by atoms with van der Waals surface area (Å²) in [4.78, 5) is 27.2. The van der Waals surface area contributed by atoms with Crippen molar-refractivity contribution in [1.29, 1.82) is 0 Å². The number of amides is 1. The standard InChI is InChI=1S/C25H22N2O3S2.K/c28-23(29)15-26-24(30)22(32-25(26)31)11-4-6-16-12-13-21-19(14-16)18-9-5-10-20(18)27(21)17-7-2-1-3-8-17;/h1-4,6-8,11-14,18,20H,5,9-10,15H2,(H,28,29);/q;+1/p-1/b6-4?,22-11+;. The fourth-order valence-electron chi connectivity index (χ4n) is 4.93. The largest absolute Gasteiger partial charge is 1.00 e. The van der Waals surface area contributed by atoms with Crippen molar-refractivity contribution in [3.05, 3.63) is 76.7 Å². The Balaban J connectivity index is 0.00000259. The molecule has 2 aromatic rings. The van der Waals surface area contributed by atoms with Crippen LogP contribution in [0.2, 0.25) is 0 Å². The first-order valence-corrected chi connectivity index (χ1v) is 11.9. The predicted molar refractivity (Wildman–Crippen MR) is 129 cm³/mol. The number of aliphatic carboxylic acids is 1. The summed E-state index contributed by atoms with van der Waals surface area (Å²) in [6, 6.07) is 17.6. The molecule has 162 valence electrons. The smallest absolute Gasteiger partial charge is 0.548 e. The Labute approximate surface area is 245 Å². The molecule has 0 spiro atoms. The van der Waals surface area contributed by atoms with Crippen molar-refractivity contribution in [2.45, 2.75) is 31.2 Å². The van der Waals surface area contributed by atoms with Crippen LogP contribution in [0.25, 0.3) is 6.08 Å². The number of hydrogen-bond donors (Lipinski definition) is 0. The van der Waals surface area contributed by atoms with E-state index in [0.717, 1.165) is 22.2 Å². The van der Waals surface area contributed by atoms with Crippen LogP contribution in [-0.4, -0.2) is 33.7 Å². The summed E-state index contributed by atoms with van der Waals surface area (Å²) >= 11 is 6.22. The van der Waals surface area contributed by atoms with Crippen LogP contribution >= 0.6 is 24.0 Å². The fraction of sp³-hybridized carbons (Fsp3) is 0.240. The number of nitrogens with zero attached hydrogens (tertiary/aromatic N) is 2. The van der Waals surface area contributed by atoms with Crippen LogP contribution in [0, 0.1) is 0 Å². The predicted octanol–water partition coefficient (Wildman–Crippen LogP) is 0.986. The monoisotopic (exact) mass is 500 g/mol. The zero-order chi connectivity index (χ0) is 22.2. The molecule has 1 saturated carbocycles. The van der Waals surface area contributed by atoms with Gasteiger partial charge in [0, 0.05) is 23.3 Å². The van der Waals surface area contributed by atoms with Crippen molar-refractivity contribution in [2.75, 3.05) is 11.4 Å². The topological polar surface area (TPSA) is 63.7 Å². The number of carboxylic acids is 1. The summed E-state index contributed by atoms with van der Waals surface area (Å²) in [6.45, 7) is -0.517. The molecule has 5 rings (SSSR count). The molecule has 2 aromatic carbocycles. The van der Waals surface area contributed by atoms with Crippen LogP contribution in [-0.2, 0) is 9.59 Å². The molecule has 5 nitrogen and oxygen atoms in total. The first-order valence-electron chi connectivity index (χ1n) is 10.6. The summed E-state index contributed by atoms with van der Waals surface area (Å²) in [6.07, 6.45) is 9.13. The summed E-state index contributed by atoms with van der Waals surface area (Å²) in [5.41, 5.74) is 4.99. The van der Waals surface area contributed by atoms with Crippen LogP contribution in [0.1, 0.15) is 36.3 Å². The zero-order valence-corrected chi connectivity index (χ0v) is 23.0. The van der Waals surface area contributed by atoms with E-state index in [1.54, 1.807) is 6.08 Å². The van der Waals surface area contributed by atoms with Crippen LogP contribution in [0.4, 0.5) is 11.4 Å². The molecule has 2 unspecified atom stereocenters. The maximum absolute atomic E-state index is 12.4. The van der Waals surface area contributed by atoms with Gasteiger partial charge in [-0.25, -0.2) is 0 Å². The molecule has 1 aliphatic carbocycles. The molecule has 3 aliphatic rings. The van der Waals surface area contributed by atoms with Crippen molar-refractivity contribution in [1.82, 2.24) is 4.90 Å². The summed E-state index contributed by atoms with van der Waals surface area (Å²) in [7, 11) is 0. The van der Waals surface area contributed by atoms with E-state index in [-0.39, 0.29) is 55.7 Å². The van der Waals surface area contributed by atoms with Gasteiger partial charge in [0.15, 0.2) is 0 Å². The number of thioether (sulfide) groups is 1. The quantitative estimate of drug-likeness (QED) is 0.347. The molecular weight excluding hydrogens is 480 g/mol. The first-order chi connectivity index (χ1) is 15.5. The Hall–Kier alpha value is -1.26. The van der Waals surface area contributed by atoms with Gasteiger partial charge in [0.25, 0.3) is 5.91 Å². The molecule has 0 radical (unpaired) electrons. The number of thiocarbonyl (C=S) groups is 1. The van der Waals surface area contributed by atoms with Gasteiger partial charge in [-0.15, -0.1) is 0 Å². The molecule has 1 saturated heterocycles. The first kappa shape index (κ1) is 24.8. The second kappa shape index (κ2) is 10.6. The summed E-state index contributed by atoms with van der Waals surface area (Å²) in [5, 5.41) is 10.8. The molecule has 33 heavy (non-hydrogen) atoms. The summed E-state index contributed by atoms with van der Waals surface area (Å²) < 4.78 is 0.240. The van der Waals surface area contributed by atoms with Crippen molar-refractivity contribution >= 4 is 57.6 Å². The number of para-hydroxylation sites is 1. The molecule has 1 amide bonds. The van der Waals surface area contributed by atoms with Crippen molar-refractivity contribution in [3.8, 4) is 0 Å². The van der Waals surface area contributed by atoms with E-state index >= 15 is 0 Å². The zero-order valence-electron chi connectivity index (χ0n) is 18.3. The number of carbonyl (C=O) groups is 2. The average Bonchev–Trinajstić information content (AvgIpc) is 3.44. The molecule has 0 bridgehead atoms. The minimum atomic E-state index is -1.33. The average molecular weight is 501 g/mol. The Bertz CT molecular complexity index is 1170. The van der Waals surface area contributed by atoms with Crippen LogP contribution in [0.15, 0.2) is 65.6 Å². The minimum Gasteiger partial charge on any atom is -0.548 e. The Morgan fingerprint density at radius 2 is 1.97 bits per heavy atom. The van der Waals surface area contributed by atoms with E-state index in [4.69, 9.17) is 12.2 Å². The normalized spacial score (nSPS) is 22.7. The van der Waals surface area contributed by atoms with Crippen LogP contribution in [0.5, 0.6) is 0 Å². The van der Waals surface area contributed by atoms with E-state index < -0.39 is 18.4 Å². The van der Waals surface area contributed by atoms with E-state index in [1.807, 2.05) is 18.2 Å². The van der Waals surface area contributed by atoms with Crippen molar-refractivity contribution < 1.29 is 66.1 Å². The van der Waals surface area contributed by atoms with Gasteiger partial charge in [0.05, 0.1) is 17.4 Å². The molecule has 2 heterocycles. The van der Waals surface area contributed by atoms with Gasteiger partial charge in [0.1, 0.15) is 4.32 Å². The number of fused-ring (bicyclic) bond motifs is 3.